The third kappa shape index (κ3) is 1.60. The van der Waals surface area contributed by atoms with Gasteiger partial charge in [0.05, 0.1) is 6.04 Å². The quantitative estimate of drug-likeness (QED) is 0.901. The van der Waals surface area contributed by atoms with Crippen LogP contribution in [0.15, 0.2) is 0 Å². The molecule has 3 atom stereocenters. The molecule has 1 N–H and O–H groups in total. The lowest BCUT2D eigenvalue weighted by atomic mass is 9.95. The molecule has 2 bridgehead atoms. The zero-order chi connectivity index (χ0) is 12.9. The molecule has 3 rings (SSSR count). The van der Waals surface area contributed by atoms with Gasteiger partial charge in [-0.1, -0.05) is 11.6 Å². The molecule has 7 heteroatoms. The number of halogens is 2. The van der Waals surface area contributed by atoms with Crippen molar-refractivity contribution in [2.45, 2.75) is 38.2 Å². The summed E-state index contributed by atoms with van der Waals surface area (Å²) in [5.41, 5.74) is -1.16. The molecule has 0 aliphatic heterocycles. The molecule has 1 heterocycles. The second kappa shape index (κ2) is 4.00. The van der Waals surface area contributed by atoms with E-state index in [1.54, 1.807) is 0 Å². The van der Waals surface area contributed by atoms with Gasteiger partial charge in [-0.3, -0.25) is 0 Å². The average molecular weight is 257 g/mol. The van der Waals surface area contributed by atoms with Crippen molar-refractivity contribution in [2.24, 2.45) is 11.8 Å². The highest BCUT2D eigenvalue weighted by Crippen LogP contribution is 2.51. The smallest absolute Gasteiger partial charge is 0.358 e. The van der Waals surface area contributed by atoms with E-state index in [1.807, 2.05) is 0 Å². The number of carboxylic acids is 1. The predicted octanol–water partition coefficient (Wildman–Crippen LogP) is 2.28. The minimum atomic E-state index is -2.86. The van der Waals surface area contributed by atoms with Crippen LogP contribution >= 0.6 is 0 Å². The fourth-order valence-electron chi connectivity index (χ4n) is 3.41. The first-order valence-electron chi connectivity index (χ1n) is 6.04. The van der Waals surface area contributed by atoms with Crippen LogP contribution in [0.25, 0.3) is 0 Å². The largest absolute Gasteiger partial charge is 0.476 e. The van der Waals surface area contributed by atoms with E-state index in [1.165, 1.54) is 0 Å². The lowest BCUT2D eigenvalue weighted by Crippen LogP contribution is -2.20. The summed E-state index contributed by atoms with van der Waals surface area (Å²) in [6.45, 7) is 0. The fraction of sp³-hybridized carbons (Fsp3) is 0.727. The van der Waals surface area contributed by atoms with Crippen molar-refractivity contribution in [3.63, 3.8) is 0 Å². The van der Waals surface area contributed by atoms with Gasteiger partial charge < -0.3 is 5.11 Å². The molecule has 18 heavy (non-hydrogen) atoms. The third-order valence-electron chi connectivity index (χ3n) is 4.15. The highest BCUT2D eigenvalue weighted by Gasteiger charge is 2.43. The number of fused-ring (bicyclic) bond motifs is 2. The van der Waals surface area contributed by atoms with Gasteiger partial charge in [-0.15, -0.1) is 5.10 Å². The first-order valence-corrected chi connectivity index (χ1v) is 6.04. The molecule has 98 valence electrons. The number of carboxylic acid groups (broad SMARTS) is 1. The maximum Gasteiger partial charge on any atom is 0.358 e. The Balaban J connectivity index is 1.99. The van der Waals surface area contributed by atoms with Gasteiger partial charge in [0.15, 0.2) is 5.69 Å². The number of hydrogen-bond donors (Lipinski definition) is 1. The molecule has 2 aliphatic rings. The van der Waals surface area contributed by atoms with Crippen LogP contribution in [0.1, 0.15) is 54.3 Å². The Morgan fingerprint density at radius 2 is 2.17 bits per heavy atom. The van der Waals surface area contributed by atoms with Crippen molar-refractivity contribution < 1.29 is 18.7 Å². The number of hydrogen-bond acceptors (Lipinski definition) is 3. The van der Waals surface area contributed by atoms with Crippen molar-refractivity contribution in [1.82, 2.24) is 15.0 Å². The van der Waals surface area contributed by atoms with E-state index in [0.29, 0.717) is 11.8 Å². The predicted molar refractivity (Wildman–Crippen MR) is 56.4 cm³/mol. The van der Waals surface area contributed by atoms with Crippen molar-refractivity contribution in [3.8, 4) is 0 Å². The molecule has 3 unspecified atom stereocenters. The van der Waals surface area contributed by atoms with E-state index < -0.39 is 23.8 Å². The summed E-state index contributed by atoms with van der Waals surface area (Å²) in [7, 11) is 0. The minimum Gasteiger partial charge on any atom is -0.476 e. The van der Waals surface area contributed by atoms with Crippen LogP contribution in [0.3, 0.4) is 0 Å². The van der Waals surface area contributed by atoms with E-state index in [2.05, 4.69) is 10.3 Å². The second-order valence-electron chi connectivity index (χ2n) is 5.12. The van der Waals surface area contributed by atoms with Crippen LogP contribution in [0.5, 0.6) is 0 Å². The topological polar surface area (TPSA) is 68.0 Å². The van der Waals surface area contributed by atoms with E-state index in [4.69, 9.17) is 5.11 Å². The van der Waals surface area contributed by atoms with Crippen LogP contribution in [-0.2, 0) is 0 Å². The van der Waals surface area contributed by atoms with Crippen LogP contribution < -0.4 is 0 Å². The summed E-state index contributed by atoms with van der Waals surface area (Å²) in [5, 5.41) is 15.9. The van der Waals surface area contributed by atoms with Gasteiger partial charge in [0, 0.05) is 0 Å². The summed E-state index contributed by atoms with van der Waals surface area (Å²) in [6, 6.07) is -0.103. The van der Waals surface area contributed by atoms with E-state index >= 15 is 0 Å². The first-order chi connectivity index (χ1) is 8.58. The molecule has 0 saturated heterocycles. The summed E-state index contributed by atoms with van der Waals surface area (Å²) in [6.07, 6.45) is 1.15. The average Bonchev–Trinajstić information content (AvgIpc) is 3.02. The number of rotatable bonds is 3. The normalized spacial score (nSPS) is 30.3. The summed E-state index contributed by atoms with van der Waals surface area (Å²) >= 11 is 0. The second-order valence-corrected chi connectivity index (χ2v) is 5.12. The number of aromatic nitrogens is 3. The Morgan fingerprint density at radius 1 is 1.39 bits per heavy atom. The van der Waals surface area contributed by atoms with Gasteiger partial charge in [0.1, 0.15) is 5.69 Å². The number of nitrogens with zero attached hydrogens (tertiary/aromatic N) is 3. The molecule has 0 amide bonds. The molecule has 2 aliphatic carbocycles. The molecule has 5 nitrogen and oxygen atoms in total. The Labute approximate surface area is 102 Å². The van der Waals surface area contributed by atoms with Crippen molar-refractivity contribution in [3.05, 3.63) is 11.4 Å². The van der Waals surface area contributed by atoms with Crippen molar-refractivity contribution in [1.29, 1.82) is 0 Å². The molecule has 0 spiro atoms. The maximum atomic E-state index is 13.0. The van der Waals surface area contributed by atoms with Gasteiger partial charge in [-0.25, -0.2) is 18.3 Å². The highest BCUT2D eigenvalue weighted by molar-refractivity contribution is 5.86. The zero-order valence-electron chi connectivity index (χ0n) is 9.59. The first kappa shape index (κ1) is 11.6. The summed E-state index contributed by atoms with van der Waals surface area (Å²) < 4.78 is 27.2. The van der Waals surface area contributed by atoms with Gasteiger partial charge in [-0.05, 0) is 31.1 Å². The molecule has 0 radical (unpaired) electrons. The van der Waals surface area contributed by atoms with E-state index in [0.717, 1.165) is 30.4 Å². The molecule has 2 saturated carbocycles. The molecule has 0 aromatic carbocycles. The Bertz CT molecular complexity index is 489. The summed E-state index contributed by atoms with van der Waals surface area (Å²) in [5.74, 6) is -0.529. The van der Waals surface area contributed by atoms with Crippen LogP contribution in [0.2, 0.25) is 0 Å². The van der Waals surface area contributed by atoms with Crippen molar-refractivity contribution in [2.75, 3.05) is 0 Å². The standard InChI is InChI=1S/C11H13F2N3O2/c12-10(13)9-8(11(17)18)14-15-16(9)7-4-5-1-2-6(7)3-5/h5-7,10H,1-4H2,(H,17,18). The molecular formula is C11H13F2N3O2. The number of alkyl halides is 2. The maximum absolute atomic E-state index is 13.0. The number of carbonyl (C=O) groups is 1. The van der Waals surface area contributed by atoms with Crippen LogP contribution in [-0.4, -0.2) is 26.1 Å². The SMILES string of the molecule is O=C(O)c1nnn(C2CC3CCC2C3)c1C(F)F. The minimum absolute atomic E-state index is 0.103. The molecule has 1 aromatic heterocycles. The van der Waals surface area contributed by atoms with Gasteiger partial charge >= 0.3 is 5.97 Å². The van der Waals surface area contributed by atoms with Gasteiger partial charge in [0.25, 0.3) is 6.43 Å². The summed E-state index contributed by atoms with van der Waals surface area (Å²) in [4.78, 5) is 10.9. The molecule has 1 aromatic rings. The number of aromatic carboxylic acids is 1. The van der Waals surface area contributed by atoms with Gasteiger partial charge in [0.2, 0.25) is 0 Å². The Morgan fingerprint density at radius 3 is 2.67 bits per heavy atom. The third-order valence-corrected chi connectivity index (χ3v) is 4.15. The zero-order valence-corrected chi connectivity index (χ0v) is 9.59. The van der Waals surface area contributed by atoms with Crippen LogP contribution in [0.4, 0.5) is 8.78 Å². The van der Waals surface area contributed by atoms with Crippen molar-refractivity contribution >= 4 is 5.97 Å². The lowest BCUT2D eigenvalue weighted by Gasteiger charge is -2.23. The highest BCUT2D eigenvalue weighted by atomic mass is 19.3. The Hall–Kier alpha value is -1.53. The fourth-order valence-corrected chi connectivity index (χ4v) is 3.41. The Kier molecular flexibility index (Phi) is 2.57. The molecular weight excluding hydrogens is 244 g/mol. The van der Waals surface area contributed by atoms with Crippen LogP contribution in [0, 0.1) is 11.8 Å². The van der Waals surface area contributed by atoms with E-state index in [-0.39, 0.29) is 6.04 Å². The lowest BCUT2D eigenvalue weighted by molar-refractivity contribution is 0.0674. The van der Waals surface area contributed by atoms with E-state index in [9.17, 15) is 13.6 Å². The monoisotopic (exact) mass is 257 g/mol. The molecule has 2 fully saturated rings. The van der Waals surface area contributed by atoms with Gasteiger partial charge in [-0.2, -0.15) is 0 Å².